The molecular formula is C11H16NO4PS2. The fraction of sp³-hybridized carbons (Fsp3) is 0.455. The molecule has 1 atom stereocenters. The van der Waals surface area contributed by atoms with Gasteiger partial charge in [-0.05, 0) is 36.1 Å². The van der Waals surface area contributed by atoms with E-state index in [0.29, 0.717) is 32.1 Å². The molecule has 0 aliphatic carbocycles. The number of hydrogen-bond acceptors (Lipinski definition) is 6. The molecule has 0 bridgehead atoms. The maximum absolute atomic E-state index is 5.63. The molecule has 1 heterocycles. The summed E-state index contributed by atoms with van der Waals surface area (Å²) < 4.78 is 21.6. The van der Waals surface area contributed by atoms with Crippen LogP contribution in [-0.2, 0) is 21.2 Å². The maximum atomic E-state index is 5.63. The van der Waals surface area contributed by atoms with Crippen LogP contribution in [0.15, 0.2) is 24.3 Å². The van der Waals surface area contributed by atoms with Crippen molar-refractivity contribution in [2.45, 2.75) is 0 Å². The van der Waals surface area contributed by atoms with Gasteiger partial charge >= 0.3 is 5.69 Å². The van der Waals surface area contributed by atoms with Crippen LogP contribution in [0.5, 0.6) is 11.5 Å². The Morgan fingerprint density at radius 1 is 1.21 bits per heavy atom. The number of morpholine rings is 1. The van der Waals surface area contributed by atoms with Crippen molar-refractivity contribution in [3.63, 3.8) is 0 Å². The molecule has 1 saturated heterocycles. The maximum Gasteiger partial charge on any atom is 0.311 e. The molecule has 1 fully saturated rings. The molecule has 1 aromatic carbocycles. The fourth-order valence-corrected chi connectivity index (χ4v) is 3.57. The largest absolute Gasteiger partial charge is 0.497 e. The van der Waals surface area contributed by atoms with Gasteiger partial charge in [0, 0.05) is 13.1 Å². The lowest BCUT2D eigenvalue weighted by Gasteiger charge is -2.29. The lowest BCUT2D eigenvalue weighted by atomic mass is 10.3. The molecule has 1 unspecified atom stereocenters. The second-order valence-corrected chi connectivity index (χ2v) is 8.98. The van der Waals surface area contributed by atoms with Crippen molar-refractivity contribution >= 4 is 29.7 Å². The number of nitrogens with zero attached hydrogens (tertiary/aromatic N) is 1. The van der Waals surface area contributed by atoms with Gasteiger partial charge in [0.25, 0.3) is 0 Å². The molecule has 1 aliphatic heterocycles. The third-order valence-corrected chi connectivity index (χ3v) is 4.24. The Balaban J connectivity index is 1.93. The molecule has 8 heteroatoms. The minimum Gasteiger partial charge on any atom is -0.497 e. The molecule has 0 spiro atoms. The summed E-state index contributed by atoms with van der Waals surface area (Å²) in [5.41, 5.74) is -2.65. The zero-order chi connectivity index (χ0) is 13.7. The molecule has 0 saturated carbocycles. The molecule has 0 N–H and O–H groups in total. The van der Waals surface area contributed by atoms with Crippen molar-refractivity contribution < 1.29 is 18.6 Å². The van der Waals surface area contributed by atoms with Gasteiger partial charge in [-0.25, -0.2) is 4.62 Å². The Morgan fingerprint density at radius 3 is 2.37 bits per heavy atom. The van der Waals surface area contributed by atoms with Crippen molar-refractivity contribution in [3.8, 4) is 11.5 Å². The lowest BCUT2D eigenvalue weighted by Crippen LogP contribution is -2.35. The molecule has 0 radical (unpaired) electrons. The van der Waals surface area contributed by atoms with Crippen LogP contribution in [0, 0.1) is 0 Å². The molecular weight excluding hydrogens is 305 g/mol. The second kappa shape index (κ2) is 6.92. The van der Waals surface area contributed by atoms with Gasteiger partial charge in [0.2, 0.25) is 0 Å². The quantitative estimate of drug-likeness (QED) is 0.664. The molecule has 1 aromatic rings. The van der Waals surface area contributed by atoms with E-state index in [1.54, 1.807) is 36.4 Å². The average Bonchev–Trinajstić information content (AvgIpc) is 2.39. The van der Waals surface area contributed by atoms with Crippen LogP contribution in [0.4, 0.5) is 0 Å². The first-order valence-corrected chi connectivity index (χ1v) is 9.57. The molecule has 0 amide bonds. The van der Waals surface area contributed by atoms with Crippen molar-refractivity contribution in [1.29, 1.82) is 0 Å². The van der Waals surface area contributed by atoms with Gasteiger partial charge in [-0.15, -0.1) is 0 Å². The fourth-order valence-electron chi connectivity index (χ4n) is 1.56. The molecule has 0 aromatic heterocycles. The predicted octanol–water partition coefficient (Wildman–Crippen LogP) is 2.49. The van der Waals surface area contributed by atoms with Crippen LogP contribution in [0.2, 0.25) is 0 Å². The number of thiol groups is 1. The lowest BCUT2D eigenvalue weighted by molar-refractivity contribution is -0.114. The van der Waals surface area contributed by atoms with Gasteiger partial charge in [0.05, 0.1) is 20.3 Å². The van der Waals surface area contributed by atoms with Gasteiger partial charge < -0.3 is 14.0 Å². The molecule has 106 valence electrons. The Kier molecular flexibility index (Phi) is 5.50. The van der Waals surface area contributed by atoms with E-state index in [2.05, 4.69) is 12.2 Å². The summed E-state index contributed by atoms with van der Waals surface area (Å²) in [6.45, 7) is 2.60. The highest BCUT2D eigenvalue weighted by Crippen LogP contribution is 2.54. The summed E-state index contributed by atoms with van der Waals surface area (Å²) in [6, 6.07) is 7.15. The monoisotopic (exact) mass is 321 g/mol. The Hall–Kier alpha value is -0.300. The number of methoxy groups -OCH3 is 1. The van der Waals surface area contributed by atoms with Crippen molar-refractivity contribution in [2.24, 2.45) is 0 Å². The Morgan fingerprint density at radius 2 is 1.79 bits per heavy atom. The van der Waals surface area contributed by atoms with Crippen LogP contribution < -0.4 is 9.26 Å². The summed E-state index contributed by atoms with van der Waals surface area (Å²) >= 11 is 9.61. The second-order valence-electron chi connectivity index (χ2n) is 3.86. The van der Waals surface area contributed by atoms with E-state index in [0.717, 1.165) is 5.75 Å². The number of ether oxygens (including phenoxy) is 2. The SMILES string of the molecule is COc1ccc(OP(=S)(S)ON2CCOCC2)cc1. The predicted molar refractivity (Wildman–Crippen MR) is 80.4 cm³/mol. The molecule has 1 aliphatic rings. The first kappa shape index (κ1) is 15.1. The third-order valence-electron chi connectivity index (χ3n) is 2.47. The van der Waals surface area contributed by atoms with E-state index in [4.69, 9.17) is 30.4 Å². The van der Waals surface area contributed by atoms with E-state index in [9.17, 15) is 0 Å². The zero-order valence-electron chi connectivity index (χ0n) is 10.5. The summed E-state index contributed by atoms with van der Waals surface area (Å²) in [4.78, 5) is 0. The summed E-state index contributed by atoms with van der Waals surface area (Å²) in [6.07, 6.45) is 0. The van der Waals surface area contributed by atoms with Crippen LogP contribution in [-0.4, -0.2) is 38.5 Å². The normalized spacial score (nSPS) is 19.7. The molecule has 5 nitrogen and oxygen atoms in total. The van der Waals surface area contributed by atoms with E-state index >= 15 is 0 Å². The first-order chi connectivity index (χ1) is 9.09. The number of hydrogen-bond donors (Lipinski definition) is 1. The van der Waals surface area contributed by atoms with Crippen LogP contribution >= 0.6 is 17.9 Å². The van der Waals surface area contributed by atoms with Gasteiger partial charge in [-0.3, -0.25) is 0 Å². The van der Waals surface area contributed by atoms with E-state index in [-0.39, 0.29) is 0 Å². The van der Waals surface area contributed by atoms with Gasteiger partial charge in [-0.2, -0.15) is 5.06 Å². The minimum atomic E-state index is -2.65. The molecule has 2 rings (SSSR count). The van der Waals surface area contributed by atoms with Gasteiger partial charge in [0.15, 0.2) is 0 Å². The minimum absolute atomic E-state index is 0.618. The summed E-state index contributed by atoms with van der Waals surface area (Å²) in [7, 11) is 1.61. The highest BCUT2D eigenvalue weighted by molar-refractivity contribution is 8.60. The Bertz CT molecular complexity index is 451. The van der Waals surface area contributed by atoms with Gasteiger partial charge in [-0.1, -0.05) is 12.2 Å². The van der Waals surface area contributed by atoms with E-state index in [1.807, 2.05) is 0 Å². The standard InChI is InChI=1S/C11H16NO4PS2/c1-13-10-2-4-11(5-3-10)15-17(18,19)16-12-6-8-14-9-7-12/h2-5H,6-9H2,1H3,(H,18,19). The average molecular weight is 321 g/mol. The summed E-state index contributed by atoms with van der Waals surface area (Å²) in [5, 5.41) is 1.75. The van der Waals surface area contributed by atoms with Gasteiger partial charge in [0.1, 0.15) is 11.5 Å². The number of hydroxylamine groups is 2. The van der Waals surface area contributed by atoms with Crippen LogP contribution in [0.1, 0.15) is 0 Å². The number of rotatable bonds is 5. The number of benzene rings is 1. The van der Waals surface area contributed by atoms with Crippen LogP contribution in [0.25, 0.3) is 0 Å². The smallest absolute Gasteiger partial charge is 0.311 e. The highest BCUT2D eigenvalue weighted by Gasteiger charge is 2.22. The van der Waals surface area contributed by atoms with Crippen molar-refractivity contribution in [3.05, 3.63) is 24.3 Å². The van der Waals surface area contributed by atoms with E-state index in [1.165, 1.54) is 0 Å². The highest BCUT2D eigenvalue weighted by atomic mass is 32.9. The van der Waals surface area contributed by atoms with Crippen molar-refractivity contribution in [1.82, 2.24) is 5.06 Å². The van der Waals surface area contributed by atoms with E-state index < -0.39 is 5.69 Å². The first-order valence-electron chi connectivity index (χ1n) is 5.78. The topological polar surface area (TPSA) is 40.2 Å². The Labute approximate surface area is 123 Å². The molecule has 19 heavy (non-hydrogen) atoms. The van der Waals surface area contributed by atoms with Crippen molar-refractivity contribution in [2.75, 3.05) is 33.4 Å². The third kappa shape index (κ3) is 4.95. The zero-order valence-corrected chi connectivity index (χ0v) is 13.1. The van der Waals surface area contributed by atoms with Crippen LogP contribution in [0.3, 0.4) is 0 Å². The summed E-state index contributed by atoms with van der Waals surface area (Å²) in [5.74, 6) is 1.38.